The van der Waals surface area contributed by atoms with E-state index < -0.39 is 0 Å². The van der Waals surface area contributed by atoms with Crippen molar-refractivity contribution in [2.45, 2.75) is 44.1 Å². The molecule has 0 aliphatic rings. The second kappa shape index (κ2) is 8.28. The molecule has 0 fully saturated rings. The lowest BCUT2D eigenvalue weighted by Crippen LogP contribution is -2.41. The average Bonchev–Trinajstić information content (AvgIpc) is 3.06. The first-order chi connectivity index (χ1) is 13.2. The highest BCUT2D eigenvalue weighted by atomic mass is 35.5. The van der Waals surface area contributed by atoms with E-state index in [1.165, 1.54) is 11.8 Å². The first-order valence-corrected chi connectivity index (χ1v) is 10.0. The summed E-state index contributed by atoms with van der Waals surface area (Å²) in [4.78, 5) is 21.2. The maximum atomic E-state index is 12.8. The van der Waals surface area contributed by atoms with Crippen LogP contribution in [0.1, 0.15) is 42.5 Å². The van der Waals surface area contributed by atoms with Gasteiger partial charge in [0.25, 0.3) is 5.91 Å². The summed E-state index contributed by atoms with van der Waals surface area (Å²) < 4.78 is 1.64. The van der Waals surface area contributed by atoms with Crippen LogP contribution < -0.4 is 5.32 Å². The molecule has 0 aliphatic heterocycles. The van der Waals surface area contributed by atoms with E-state index >= 15 is 0 Å². The van der Waals surface area contributed by atoms with E-state index in [1.807, 2.05) is 45.9 Å². The number of carbonyl (C=O) groups excluding carboxylic acids is 1. The van der Waals surface area contributed by atoms with Gasteiger partial charge in [0.05, 0.1) is 11.4 Å². The van der Waals surface area contributed by atoms with Crippen LogP contribution in [-0.4, -0.2) is 36.4 Å². The fourth-order valence-electron chi connectivity index (χ4n) is 2.42. The van der Waals surface area contributed by atoms with Crippen molar-refractivity contribution in [3.63, 3.8) is 0 Å². The van der Waals surface area contributed by atoms with Crippen LogP contribution in [0.3, 0.4) is 0 Å². The zero-order chi connectivity index (χ0) is 20.3. The molecule has 1 N–H and O–H groups in total. The largest absolute Gasteiger partial charge is 0.346 e. The molecule has 28 heavy (non-hydrogen) atoms. The Morgan fingerprint density at radius 1 is 1.25 bits per heavy atom. The van der Waals surface area contributed by atoms with Crippen LogP contribution in [-0.2, 0) is 5.75 Å². The quantitative estimate of drug-likeness (QED) is 0.502. The number of halogens is 1. The highest BCUT2D eigenvalue weighted by Gasteiger charge is 2.24. The fraction of sp³-hybridized carbons (Fsp3) is 0.316. The van der Waals surface area contributed by atoms with Crippen LogP contribution in [0.15, 0.2) is 41.8 Å². The average molecular weight is 417 g/mol. The molecule has 9 heteroatoms. The van der Waals surface area contributed by atoms with Gasteiger partial charge in [-0.3, -0.25) is 4.79 Å². The number of rotatable bonds is 5. The number of hydrogen-bond donors (Lipinski definition) is 1. The lowest BCUT2D eigenvalue weighted by atomic mass is 10.1. The van der Waals surface area contributed by atoms with Crippen LogP contribution in [0, 0.1) is 6.92 Å². The molecule has 0 bridgehead atoms. The van der Waals surface area contributed by atoms with E-state index in [9.17, 15) is 4.79 Å². The molecular weight excluding hydrogens is 396 g/mol. The van der Waals surface area contributed by atoms with Crippen molar-refractivity contribution in [3.8, 4) is 5.69 Å². The fourth-order valence-corrected chi connectivity index (χ4v) is 3.39. The summed E-state index contributed by atoms with van der Waals surface area (Å²) in [5.74, 6) is 0.150. The summed E-state index contributed by atoms with van der Waals surface area (Å²) in [6.07, 6.45) is 3.36. The van der Waals surface area contributed by atoms with E-state index in [0.29, 0.717) is 21.6 Å². The van der Waals surface area contributed by atoms with E-state index in [2.05, 4.69) is 25.6 Å². The van der Waals surface area contributed by atoms with Crippen LogP contribution in [0.4, 0.5) is 0 Å². The third-order valence-corrected chi connectivity index (χ3v) is 5.04. The number of aryl methyl sites for hydroxylation is 1. The molecule has 0 radical (unpaired) electrons. The van der Waals surface area contributed by atoms with Crippen LogP contribution >= 0.6 is 23.4 Å². The lowest BCUT2D eigenvalue weighted by molar-refractivity contribution is 0.0913. The van der Waals surface area contributed by atoms with Crippen molar-refractivity contribution >= 4 is 29.3 Å². The molecule has 7 nitrogen and oxygen atoms in total. The number of amides is 1. The van der Waals surface area contributed by atoms with Crippen molar-refractivity contribution < 1.29 is 4.79 Å². The molecule has 0 spiro atoms. The lowest BCUT2D eigenvalue weighted by Gasteiger charge is -2.20. The first kappa shape index (κ1) is 20.3. The zero-order valence-electron chi connectivity index (χ0n) is 16.1. The smallest absolute Gasteiger partial charge is 0.274 e. The number of benzene rings is 1. The second-order valence-electron chi connectivity index (χ2n) is 7.25. The molecule has 3 aromatic rings. The highest BCUT2D eigenvalue weighted by Crippen LogP contribution is 2.25. The Bertz CT molecular complexity index is 984. The number of thioether (sulfide) groups is 1. The number of hydrogen-bond acceptors (Lipinski definition) is 6. The minimum Gasteiger partial charge on any atom is -0.346 e. The van der Waals surface area contributed by atoms with E-state index in [1.54, 1.807) is 23.1 Å². The van der Waals surface area contributed by atoms with Gasteiger partial charge in [-0.05, 0) is 51.5 Å². The standard InChI is InChI=1S/C19H21ClN6OS/c1-12-6-7-13(10-14(12)20)26-15(11-28-18-21-8-5-9-22-18)16(24-25-26)17(27)23-19(2,3)4/h5-10H,11H2,1-4H3,(H,23,27). The zero-order valence-corrected chi connectivity index (χ0v) is 17.7. The monoisotopic (exact) mass is 416 g/mol. The molecule has 1 aromatic carbocycles. The van der Waals surface area contributed by atoms with Crippen molar-refractivity contribution in [2.24, 2.45) is 0 Å². The molecule has 0 saturated heterocycles. The van der Waals surface area contributed by atoms with Crippen molar-refractivity contribution in [1.82, 2.24) is 30.3 Å². The summed E-state index contributed by atoms with van der Waals surface area (Å²) in [7, 11) is 0. The molecule has 2 heterocycles. The predicted octanol–water partition coefficient (Wildman–Crippen LogP) is 3.84. The minimum atomic E-state index is -0.388. The second-order valence-corrected chi connectivity index (χ2v) is 8.60. The Kier molecular flexibility index (Phi) is 6.00. The molecular formula is C19H21ClN6OS. The maximum Gasteiger partial charge on any atom is 0.274 e. The number of nitrogens with zero attached hydrogens (tertiary/aromatic N) is 5. The van der Waals surface area contributed by atoms with E-state index in [4.69, 9.17) is 11.6 Å². The molecule has 0 saturated carbocycles. The van der Waals surface area contributed by atoms with Gasteiger partial charge in [-0.15, -0.1) is 5.10 Å². The topological polar surface area (TPSA) is 85.6 Å². The van der Waals surface area contributed by atoms with Gasteiger partial charge in [0.2, 0.25) is 0 Å². The number of carbonyl (C=O) groups is 1. The Morgan fingerprint density at radius 3 is 2.61 bits per heavy atom. The number of aromatic nitrogens is 5. The van der Waals surface area contributed by atoms with E-state index in [-0.39, 0.29) is 17.1 Å². The Hall–Kier alpha value is -2.45. The van der Waals surface area contributed by atoms with Crippen molar-refractivity contribution in [3.05, 3.63) is 58.6 Å². The maximum absolute atomic E-state index is 12.8. The first-order valence-electron chi connectivity index (χ1n) is 8.68. The Balaban J connectivity index is 1.99. The molecule has 0 unspecified atom stereocenters. The molecule has 0 atom stereocenters. The van der Waals surface area contributed by atoms with Gasteiger partial charge in [0.15, 0.2) is 10.9 Å². The molecule has 3 rings (SSSR count). The number of nitrogens with one attached hydrogen (secondary N) is 1. The summed E-state index contributed by atoms with van der Waals surface area (Å²) in [5, 5.41) is 12.5. The minimum absolute atomic E-state index is 0.273. The Labute approximate surface area is 172 Å². The van der Waals surface area contributed by atoms with Gasteiger partial charge in [0, 0.05) is 28.7 Å². The summed E-state index contributed by atoms with van der Waals surface area (Å²) in [6.45, 7) is 7.68. The highest BCUT2D eigenvalue weighted by molar-refractivity contribution is 7.98. The van der Waals surface area contributed by atoms with Crippen molar-refractivity contribution in [2.75, 3.05) is 0 Å². The molecule has 2 aromatic heterocycles. The van der Waals surface area contributed by atoms with Crippen LogP contribution in [0.2, 0.25) is 5.02 Å². The summed E-state index contributed by atoms with van der Waals surface area (Å²) >= 11 is 7.69. The van der Waals surface area contributed by atoms with Gasteiger partial charge in [-0.1, -0.05) is 34.6 Å². The van der Waals surface area contributed by atoms with Gasteiger partial charge in [0.1, 0.15) is 0 Å². The normalized spacial score (nSPS) is 11.5. The molecule has 0 aliphatic carbocycles. The molecule has 146 valence electrons. The van der Waals surface area contributed by atoms with Crippen LogP contribution in [0.25, 0.3) is 5.69 Å². The van der Waals surface area contributed by atoms with Gasteiger partial charge >= 0.3 is 0 Å². The Morgan fingerprint density at radius 2 is 1.96 bits per heavy atom. The summed E-state index contributed by atoms with van der Waals surface area (Å²) in [5.41, 5.74) is 2.24. The van der Waals surface area contributed by atoms with Gasteiger partial charge in [-0.25, -0.2) is 14.6 Å². The van der Waals surface area contributed by atoms with Crippen LogP contribution in [0.5, 0.6) is 0 Å². The SMILES string of the molecule is Cc1ccc(-n2nnc(C(=O)NC(C)(C)C)c2CSc2ncccn2)cc1Cl. The van der Waals surface area contributed by atoms with Gasteiger partial charge < -0.3 is 5.32 Å². The predicted molar refractivity (Wildman–Crippen MR) is 110 cm³/mol. The third-order valence-electron chi connectivity index (χ3n) is 3.75. The van der Waals surface area contributed by atoms with Gasteiger partial charge in [-0.2, -0.15) is 0 Å². The third kappa shape index (κ3) is 4.88. The summed E-state index contributed by atoms with van der Waals surface area (Å²) in [6, 6.07) is 7.37. The van der Waals surface area contributed by atoms with Crippen molar-refractivity contribution in [1.29, 1.82) is 0 Å². The van der Waals surface area contributed by atoms with E-state index in [0.717, 1.165) is 11.3 Å². The molecule has 1 amide bonds.